The Hall–Kier alpha value is -1.33. The molecule has 2 unspecified atom stereocenters. The highest BCUT2D eigenvalue weighted by molar-refractivity contribution is 6.33. The number of hydrogen-bond acceptors (Lipinski definition) is 4. The highest BCUT2D eigenvalue weighted by atomic mass is 35.5. The monoisotopic (exact) mass is 268 g/mol. The van der Waals surface area contributed by atoms with Gasteiger partial charge in [0.2, 0.25) is 0 Å². The van der Waals surface area contributed by atoms with Crippen molar-refractivity contribution in [2.24, 2.45) is 17.7 Å². The lowest BCUT2D eigenvalue weighted by molar-refractivity contribution is 0.0786. The van der Waals surface area contributed by atoms with Crippen LogP contribution in [-0.2, 0) is 0 Å². The second-order valence-corrected chi connectivity index (χ2v) is 5.26. The quantitative estimate of drug-likeness (QED) is 0.645. The Kier molecular flexibility index (Phi) is 3.73. The molecule has 1 saturated carbocycles. The zero-order valence-corrected chi connectivity index (χ0v) is 11.2. The van der Waals surface area contributed by atoms with Gasteiger partial charge in [-0.05, 0) is 24.3 Å². The molecule has 0 aliphatic heterocycles. The van der Waals surface area contributed by atoms with Gasteiger partial charge in [-0.3, -0.25) is 4.79 Å². The van der Waals surface area contributed by atoms with Gasteiger partial charge in [-0.1, -0.05) is 18.5 Å². The predicted octanol–water partition coefficient (Wildman–Crippen LogP) is 1.75. The summed E-state index contributed by atoms with van der Waals surface area (Å²) in [4.78, 5) is 17.9. The van der Waals surface area contributed by atoms with Gasteiger partial charge in [-0.15, -0.1) is 0 Å². The molecule has 1 aliphatic rings. The molecule has 1 amide bonds. The number of anilines is 1. The van der Waals surface area contributed by atoms with Crippen LogP contribution in [0.5, 0.6) is 0 Å². The van der Waals surface area contributed by atoms with Gasteiger partial charge in [0.05, 0.1) is 10.6 Å². The van der Waals surface area contributed by atoms with Crippen LogP contribution in [0.4, 0.5) is 5.82 Å². The fourth-order valence-electron chi connectivity index (χ4n) is 1.97. The number of carbonyl (C=O) groups is 1. The summed E-state index contributed by atoms with van der Waals surface area (Å²) < 4.78 is 0. The summed E-state index contributed by atoms with van der Waals surface area (Å²) in [6, 6.07) is 1.58. The van der Waals surface area contributed by atoms with Gasteiger partial charge in [0.1, 0.15) is 0 Å². The largest absolute Gasteiger partial charge is 0.341 e. The highest BCUT2D eigenvalue weighted by Gasteiger charge is 2.34. The van der Waals surface area contributed by atoms with Crippen molar-refractivity contribution < 1.29 is 4.79 Å². The highest BCUT2D eigenvalue weighted by Crippen LogP contribution is 2.38. The first-order valence-corrected chi connectivity index (χ1v) is 6.28. The zero-order valence-electron chi connectivity index (χ0n) is 10.5. The number of rotatable bonds is 4. The van der Waals surface area contributed by atoms with E-state index in [-0.39, 0.29) is 5.91 Å². The van der Waals surface area contributed by atoms with E-state index >= 15 is 0 Å². The Balaban J connectivity index is 2.05. The second kappa shape index (κ2) is 5.12. The number of aromatic nitrogens is 1. The normalized spacial score (nSPS) is 21.6. The Morgan fingerprint density at radius 2 is 2.39 bits per heavy atom. The second-order valence-electron chi connectivity index (χ2n) is 4.86. The third-order valence-corrected chi connectivity index (χ3v) is 3.64. The molecule has 1 aromatic rings. The molecule has 0 bridgehead atoms. The number of nitrogens with two attached hydrogens (primary N) is 1. The zero-order chi connectivity index (χ0) is 13.3. The average Bonchev–Trinajstić information content (AvgIpc) is 3.03. The van der Waals surface area contributed by atoms with Gasteiger partial charge in [-0.2, -0.15) is 0 Å². The minimum Gasteiger partial charge on any atom is -0.341 e. The first-order chi connectivity index (χ1) is 8.52. The number of halogens is 1. The van der Waals surface area contributed by atoms with E-state index in [9.17, 15) is 4.79 Å². The van der Waals surface area contributed by atoms with E-state index < -0.39 is 0 Å². The fourth-order valence-corrected chi connectivity index (χ4v) is 2.19. The summed E-state index contributed by atoms with van der Waals surface area (Å²) in [6.45, 7) is 2.98. The van der Waals surface area contributed by atoms with Crippen LogP contribution in [0.2, 0.25) is 5.02 Å². The van der Waals surface area contributed by atoms with Crippen molar-refractivity contribution in [3.63, 3.8) is 0 Å². The molecule has 3 N–H and O–H groups in total. The summed E-state index contributed by atoms with van der Waals surface area (Å²) >= 11 is 5.94. The summed E-state index contributed by atoms with van der Waals surface area (Å²) in [5.41, 5.74) is 2.85. The predicted molar refractivity (Wildman–Crippen MR) is 71.3 cm³/mol. The van der Waals surface area contributed by atoms with Crippen molar-refractivity contribution in [1.82, 2.24) is 9.88 Å². The van der Waals surface area contributed by atoms with Crippen molar-refractivity contribution in [2.45, 2.75) is 13.3 Å². The van der Waals surface area contributed by atoms with Gasteiger partial charge in [0.15, 0.2) is 5.82 Å². The molecule has 0 spiro atoms. The molecule has 0 aromatic carbocycles. The average molecular weight is 269 g/mol. The van der Waals surface area contributed by atoms with Crippen LogP contribution in [0.25, 0.3) is 0 Å². The van der Waals surface area contributed by atoms with Crippen molar-refractivity contribution in [2.75, 3.05) is 19.0 Å². The molecule has 1 aliphatic carbocycles. The van der Waals surface area contributed by atoms with Crippen LogP contribution >= 0.6 is 11.6 Å². The number of carbonyl (C=O) groups excluding carboxylic acids is 1. The number of hydrogen-bond donors (Lipinski definition) is 2. The van der Waals surface area contributed by atoms with Gasteiger partial charge >= 0.3 is 0 Å². The Morgan fingerprint density at radius 1 is 1.72 bits per heavy atom. The van der Waals surface area contributed by atoms with Gasteiger partial charge in [0, 0.05) is 19.8 Å². The van der Waals surface area contributed by atoms with E-state index in [2.05, 4.69) is 17.3 Å². The topological polar surface area (TPSA) is 71.2 Å². The van der Waals surface area contributed by atoms with Crippen LogP contribution in [-0.4, -0.2) is 29.4 Å². The molecule has 6 heteroatoms. The molecule has 1 fully saturated rings. The molecule has 0 radical (unpaired) electrons. The summed E-state index contributed by atoms with van der Waals surface area (Å²) in [5.74, 6) is 6.90. The van der Waals surface area contributed by atoms with Crippen molar-refractivity contribution in [3.8, 4) is 0 Å². The minimum absolute atomic E-state index is 0.0629. The standard InChI is InChI=1S/C12H17ClN4O/c1-7-3-9(7)6-17(2)12(18)8-4-10(13)11(16-14)15-5-8/h4-5,7,9H,3,6,14H2,1-2H3,(H,15,16). The molecule has 1 aromatic heterocycles. The molecule has 0 saturated heterocycles. The van der Waals surface area contributed by atoms with E-state index in [0.29, 0.717) is 22.3 Å². The number of hydrazine groups is 1. The molecule has 2 atom stereocenters. The SMILES string of the molecule is CC1CC1CN(C)C(=O)c1cnc(NN)c(Cl)c1. The summed E-state index contributed by atoms with van der Waals surface area (Å²) in [7, 11) is 1.80. The van der Waals surface area contributed by atoms with E-state index in [1.807, 2.05) is 0 Å². The minimum atomic E-state index is -0.0629. The molecule has 98 valence electrons. The fraction of sp³-hybridized carbons (Fsp3) is 0.500. The molecular formula is C12H17ClN4O. The van der Waals surface area contributed by atoms with Crippen molar-refractivity contribution >= 4 is 23.3 Å². The number of nitrogens with one attached hydrogen (secondary N) is 1. The van der Waals surface area contributed by atoms with Crippen LogP contribution in [0, 0.1) is 11.8 Å². The van der Waals surface area contributed by atoms with E-state index in [0.717, 1.165) is 12.5 Å². The van der Waals surface area contributed by atoms with Crippen molar-refractivity contribution in [3.05, 3.63) is 22.8 Å². The molecule has 1 heterocycles. The molecular weight excluding hydrogens is 252 g/mol. The first-order valence-electron chi connectivity index (χ1n) is 5.90. The van der Waals surface area contributed by atoms with Crippen LogP contribution in [0.3, 0.4) is 0 Å². The third kappa shape index (κ3) is 2.73. The molecule has 18 heavy (non-hydrogen) atoms. The Labute approximate surface area is 111 Å². The lowest BCUT2D eigenvalue weighted by atomic mass is 10.2. The van der Waals surface area contributed by atoms with Crippen LogP contribution in [0.15, 0.2) is 12.3 Å². The maximum absolute atomic E-state index is 12.1. The maximum atomic E-state index is 12.1. The summed E-state index contributed by atoms with van der Waals surface area (Å²) in [6.07, 6.45) is 2.68. The number of nitrogen functional groups attached to an aromatic ring is 1. The van der Waals surface area contributed by atoms with Crippen LogP contribution in [0.1, 0.15) is 23.7 Å². The molecule has 2 rings (SSSR count). The number of nitrogens with zero attached hydrogens (tertiary/aromatic N) is 2. The van der Waals surface area contributed by atoms with Crippen LogP contribution < -0.4 is 11.3 Å². The number of pyridine rings is 1. The van der Waals surface area contributed by atoms with Crippen molar-refractivity contribution in [1.29, 1.82) is 0 Å². The molecule has 5 nitrogen and oxygen atoms in total. The third-order valence-electron chi connectivity index (χ3n) is 3.36. The van der Waals surface area contributed by atoms with E-state index in [1.54, 1.807) is 18.0 Å². The smallest absolute Gasteiger partial charge is 0.255 e. The van der Waals surface area contributed by atoms with Gasteiger partial charge in [0.25, 0.3) is 5.91 Å². The van der Waals surface area contributed by atoms with E-state index in [1.165, 1.54) is 12.6 Å². The number of amides is 1. The Morgan fingerprint density at radius 3 is 2.89 bits per heavy atom. The van der Waals surface area contributed by atoms with Gasteiger partial charge < -0.3 is 10.3 Å². The summed E-state index contributed by atoms with van der Waals surface area (Å²) in [5, 5.41) is 0.344. The lowest BCUT2D eigenvalue weighted by Crippen LogP contribution is -2.29. The first kappa shape index (κ1) is 13.1. The van der Waals surface area contributed by atoms with E-state index in [4.69, 9.17) is 17.4 Å². The Bertz CT molecular complexity index is 465. The van der Waals surface area contributed by atoms with Gasteiger partial charge in [-0.25, -0.2) is 10.8 Å². The lowest BCUT2D eigenvalue weighted by Gasteiger charge is -2.17. The maximum Gasteiger partial charge on any atom is 0.255 e.